The number of nitrogens with one attached hydrogen (secondary N) is 1. The normalized spacial score (nSPS) is 21.2. The van der Waals surface area contributed by atoms with Crippen LogP contribution in [0.4, 0.5) is 4.79 Å². The van der Waals surface area contributed by atoms with Crippen LogP contribution in [0.3, 0.4) is 0 Å². The Morgan fingerprint density at radius 1 is 1.11 bits per heavy atom. The second kappa shape index (κ2) is 5.08. The van der Waals surface area contributed by atoms with E-state index < -0.39 is 17.4 Å². The van der Waals surface area contributed by atoms with Crippen molar-refractivity contribution in [1.82, 2.24) is 10.2 Å². The van der Waals surface area contributed by atoms with Crippen molar-refractivity contribution in [3.63, 3.8) is 0 Å². The van der Waals surface area contributed by atoms with E-state index in [0.717, 1.165) is 0 Å². The summed E-state index contributed by atoms with van der Waals surface area (Å²) < 4.78 is 0. The van der Waals surface area contributed by atoms with Gasteiger partial charge in [0.25, 0.3) is 0 Å². The zero-order chi connectivity index (χ0) is 14.1. The highest BCUT2D eigenvalue weighted by molar-refractivity contribution is 6.19. The van der Waals surface area contributed by atoms with Crippen LogP contribution in [0.5, 0.6) is 0 Å². The topological polar surface area (TPSA) is 66.5 Å². The molecule has 102 valence electrons. The third-order valence-corrected chi connectivity index (χ3v) is 4.08. The van der Waals surface area contributed by atoms with Gasteiger partial charge in [0.05, 0.1) is 0 Å². The zero-order valence-electron chi connectivity index (χ0n) is 11.7. The minimum atomic E-state index is -1.09. The summed E-state index contributed by atoms with van der Waals surface area (Å²) in [5.41, 5.74) is -1.09. The zero-order valence-corrected chi connectivity index (χ0v) is 11.7. The van der Waals surface area contributed by atoms with Crippen molar-refractivity contribution in [2.75, 3.05) is 0 Å². The highest BCUT2D eigenvalue weighted by Gasteiger charge is 2.52. The van der Waals surface area contributed by atoms with Gasteiger partial charge in [-0.1, -0.05) is 27.7 Å². The average molecular weight is 254 g/mol. The largest absolute Gasteiger partial charge is 0.331 e. The molecule has 0 spiro atoms. The smallest absolute Gasteiger partial charge is 0.277 e. The molecule has 1 fully saturated rings. The molecule has 5 heteroatoms. The maximum atomic E-state index is 12.5. The molecule has 0 unspecified atom stereocenters. The van der Waals surface area contributed by atoms with Crippen LogP contribution >= 0.6 is 0 Å². The molecule has 18 heavy (non-hydrogen) atoms. The van der Waals surface area contributed by atoms with Crippen LogP contribution in [0.2, 0.25) is 0 Å². The van der Waals surface area contributed by atoms with Crippen LogP contribution in [-0.2, 0) is 9.59 Å². The lowest BCUT2D eigenvalue weighted by Crippen LogP contribution is -2.66. The Kier molecular flexibility index (Phi) is 4.14. The van der Waals surface area contributed by atoms with Gasteiger partial charge in [-0.05, 0) is 25.7 Å². The number of hydrogen-bond donors (Lipinski definition) is 1. The van der Waals surface area contributed by atoms with E-state index in [0.29, 0.717) is 12.8 Å². The van der Waals surface area contributed by atoms with E-state index in [1.54, 1.807) is 13.8 Å². The molecule has 5 nitrogen and oxygen atoms in total. The second-order valence-electron chi connectivity index (χ2n) is 5.21. The number of barbiturate groups is 1. The Morgan fingerprint density at radius 2 is 1.61 bits per heavy atom. The van der Waals surface area contributed by atoms with E-state index in [4.69, 9.17) is 0 Å². The van der Waals surface area contributed by atoms with Gasteiger partial charge in [0, 0.05) is 6.04 Å². The van der Waals surface area contributed by atoms with Crippen molar-refractivity contribution in [2.45, 2.75) is 53.5 Å². The van der Waals surface area contributed by atoms with Crippen LogP contribution in [0.15, 0.2) is 0 Å². The Bertz CT molecular complexity index is 372. The number of amides is 4. The lowest BCUT2D eigenvalue weighted by Gasteiger charge is -2.41. The highest BCUT2D eigenvalue weighted by Crippen LogP contribution is 2.33. The lowest BCUT2D eigenvalue weighted by molar-refractivity contribution is -0.154. The molecule has 0 saturated carbocycles. The van der Waals surface area contributed by atoms with Gasteiger partial charge in [0.2, 0.25) is 11.8 Å². The number of imide groups is 2. The van der Waals surface area contributed by atoms with E-state index in [2.05, 4.69) is 5.32 Å². The van der Waals surface area contributed by atoms with Crippen molar-refractivity contribution in [1.29, 1.82) is 0 Å². The summed E-state index contributed by atoms with van der Waals surface area (Å²) in [6, 6.07) is -0.813. The SMILES string of the molecule is CCC1(CC)C(=O)NC(=O)N([C@H](C)C(C)C)C1=O. The van der Waals surface area contributed by atoms with Crippen LogP contribution < -0.4 is 5.32 Å². The fraction of sp³-hybridized carbons (Fsp3) is 0.769. The Labute approximate surface area is 108 Å². The molecule has 0 aromatic carbocycles. The fourth-order valence-electron chi connectivity index (χ4n) is 2.24. The summed E-state index contributed by atoms with van der Waals surface area (Å²) in [6.07, 6.45) is 0.811. The van der Waals surface area contributed by atoms with E-state index in [1.165, 1.54) is 4.90 Å². The number of carbonyl (C=O) groups is 3. The number of nitrogens with zero attached hydrogens (tertiary/aromatic N) is 1. The standard InChI is InChI=1S/C13H22N2O3/c1-6-13(7-2)10(16)14-12(18)15(11(13)17)9(5)8(3)4/h8-9H,6-7H2,1-5H3,(H,14,16,18)/t9-/m1/s1. The van der Waals surface area contributed by atoms with Crippen molar-refractivity contribution in [3.8, 4) is 0 Å². The molecule has 4 amide bonds. The van der Waals surface area contributed by atoms with Crippen LogP contribution in [0.1, 0.15) is 47.5 Å². The molecule has 1 aliphatic heterocycles. The summed E-state index contributed by atoms with van der Waals surface area (Å²) >= 11 is 0. The van der Waals surface area contributed by atoms with Crippen LogP contribution in [0, 0.1) is 11.3 Å². The molecule has 0 radical (unpaired) electrons. The van der Waals surface area contributed by atoms with E-state index in [-0.39, 0.29) is 17.9 Å². The van der Waals surface area contributed by atoms with Gasteiger partial charge in [-0.3, -0.25) is 19.8 Å². The summed E-state index contributed by atoms with van der Waals surface area (Å²) in [4.78, 5) is 37.5. The second-order valence-corrected chi connectivity index (χ2v) is 5.21. The maximum Gasteiger partial charge on any atom is 0.331 e. The minimum Gasteiger partial charge on any atom is -0.277 e. The van der Waals surface area contributed by atoms with Crippen molar-refractivity contribution in [2.24, 2.45) is 11.3 Å². The first-order valence-corrected chi connectivity index (χ1v) is 6.50. The molecular weight excluding hydrogens is 232 g/mol. The molecule has 1 saturated heterocycles. The number of carbonyl (C=O) groups excluding carboxylic acids is 3. The number of urea groups is 1. The predicted octanol–water partition coefficient (Wildman–Crippen LogP) is 1.92. The molecule has 0 bridgehead atoms. The molecular formula is C13H22N2O3. The molecule has 1 heterocycles. The molecule has 1 atom stereocenters. The van der Waals surface area contributed by atoms with Gasteiger partial charge in [0.15, 0.2) is 0 Å². The van der Waals surface area contributed by atoms with Gasteiger partial charge in [0.1, 0.15) is 5.41 Å². The molecule has 1 aliphatic rings. The van der Waals surface area contributed by atoms with E-state index in [1.807, 2.05) is 20.8 Å². The van der Waals surface area contributed by atoms with Crippen LogP contribution in [0.25, 0.3) is 0 Å². The van der Waals surface area contributed by atoms with Crippen LogP contribution in [-0.4, -0.2) is 28.8 Å². The van der Waals surface area contributed by atoms with Gasteiger partial charge in [-0.15, -0.1) is 0 Å². The average Bonchev–Trinajstić information content (AvgIpc) is 2.30. The highest BCUT2D eigenvalue weighted by atomic mass is 16.2. The Hall–Kier alpha value is -1.39. The van der Waals surface area contributed by atoms with Gasteiger partial charge >= 0.3 is 6.03 Å². The lowest BCUT2D eigenvalue weighted by atomic mass is 9.78. The third-order valence-electron chi connectivity index (χ3n) is 4.08. The quantitative estimate of drug-likeness (QED) is 0.779. The van der Waals surface area contributed by atoms with Crippen molar-refractivity contribution in [3.05, 3.63) is 0 Å². The van der Waals surface area contributed by atoms with Crippen molar-refractivity contribution < 1.29 is 14.4 Å². The molecule has 1 N–H and O–H groups in total. The third kappa shape index (κ3) is 2.02. The molecule has 1 rings (SSSR count). The summed E-state index contributed by atoms with van der Waals surface area (Å²) in [7, 11) is 0. The number of hydrogen-bond acceptors (Lipinski definition) is 3. The number of rotatable bonds is 4. The van der Waals surface area contributed by atoms with Gasteiger partial charge in [-0.25, -0.2) is 4.79 Å². The summed E-state index contributed by atoms with van der Waals surface area (Å²) in [5, 5.41) is 2.32. The monoisotopic (exact) mass is 254 g/mol. The van der Waals surface area contributed by atoms with Crippen molar-refractivity contribution >= 4 is 17.8 Å². The summed E-state index contributed by atoms with van der Waals surface area (Å²) in [5.74, 6) is -0.670. The first kappa shape index (κ1) is 14.7. The van der Waals surface area contributed by atoms with Gasteiger partial charge in [-0.2, -0.15) is 0 Å². The Morgan fingerprint density at radius 3 is 2.00 bits per heavy atom. The summed E-state index contributed by atoms with van der Waals surface area (Å²) in [6.45, 7) is 9.32. The maximum absolute atomic E-state index is 12.5. The molecule has 0 aromatic heterocycles. The first-order valence-electron chi connectivity index (χ1n) is 6.50. The fourth-order valence-corrected chi connectivity index (χ4v) is 2.24. The van der Waals surface area contributed by atoms with Gasteiger partial charge < -0.3 is 0 Å². The minimum absolute atomic E-state index is 0.152. The van der Waals surface area contributed by atoms with E-state index >= 15 is 0 Å². The predicted molar refractivity (Wildman–Crippen MR) is 67.7 cm³/mol. The Balaban J connectivity index is 3.18. The first-order chi connectivity index (χ1) is 8.31. The molecule has 0 aromatic rings. The van der Waals surface area contributed by atoms with E-state index in [9.17, 15) is 14.4 Å². The molecule has 0 aliphatic carbocycles.